The van der Waals surface area contributed by atoms with E-state index >= 15 is 0 Å². The normalized spacial score (nSPS) is 25.2. The average molecular weight is 460 g/mol. The number of rotatable bonds is 3. The van der Waals surface area contributed by atoms with Crippen molar-refractivity contribution in [3.63, 3.8) is 0 Å². The number of hydrogen-bond acceptors (Lipinski definition) is 8. The molecule has 2 atom stereocenters. The number of carbonyl (C=O) groups excluding carboxylic acids is 1. The second kappa shape index (κ2) is 7.75. The largest absolute Gasteiger partial charge is 0.342 e. The Labute approximate surface area is 190 Å². The van der Waals surface area contributed by atoms with Gasteiger partial charge in [0, 0.05) is 23.5 Å². The van der Waals surface area contributed by atoms with Gasteiger partial charge in [-0.05, 0) is 49.5 Å². The number of hydrogen-bond donors (Lipinski definition) is 2. The fourth-order valence-corrected chi connectivity index (χ4v) is 7.64. The van der Waals surface area contributed by atoms with Crippen LogP contribution in [0, 0.1) is 11.8 Å². The van der Waals surface area contributed by atoms with Crippen molar-refractivity contribution < 1.29 is 4.79 Å². The van der Waals surface area contributed by atoms with Crippen molar-refractivity contribution in [1.29, 1.82) is 0 Å². The first-order valence-corrected chi connectivity index (χ1v) is 13.2. The van der Waals surface area contributed by atoms with Gasteiger partial charge in [0.05, 0.1) is 12.4 Å². The number of fused-ring (bicyclic) bond motifs is 8. The highest BCUT2D eigenvalue weighted by Crippen LogP contribution is 2.48. The molecule has 1 unspecified atom stereocenters. The van der Waals surface area contributed by atoms with Crippen molar-refractivity contribution in [2.75, 3.05) is 30.5 Å². The lowest BCUT2D eigenvalue weighted by atomic mass is 9.87. The van der Waals surface area contributed by atoms with Crippen molar-refractivity contribution >= 4 is 35.0 Å². The zero-order valence-electron chi connectivity index (χ0n) is 18.1. The van der Waals surface area contributed by atoms with Gasteiger partial charge in [-0.25, -0.2) is 9.99 Å². The van der Waals surface area contributed by atoms with Gasteiger partial charge in [0.1, 0.15) is 11.2 Å². The van der Waals surface area contributed by atoms with Crippen molar-refractivity contribution in [2.24, 2.45) is 11.8 Å². The molecular formula is C21H29N7OS2. The van der Waals surface area contributed by atoms with Gasteiger partial charge in [0.15, 0.2) is 5.16 Å². The quantitative estimate of drug-likeness (QED) is 0.683. The van der Waals surface area contributed by atoms with Gasteiger partial charge in [-0.15, -0.1) is 21.5 Å². The minimum absolute atomic E-state index is 0.106. The van der Waals surface area contributed by atoms with Crippen LogP contribution >= 0.6 is 23.1 Å². The summed E-state index contributed by atoms with van der Waals surface area (Å²) in [6.45, 7) is 7.09. The van der Waals surface area contributed by atoms with Crippen LogP contribution in [0.15, 0.2) is 5.16 Å². The second-order valence-corrected chi connectivity index (χ2v) is 11.4. The molecule has 1 aliphatic carbocycles. The van der Waals surface area contributed by atoms with E-state index in [1.807, 2.05) is 16.2 Å². The number of thiophene rings is 1. The molecule has 8 nitrogen and oxygen atoms in total. The lowest BCUT2D eigenvalue weighted by molar-refractivity contribution is -0.129. The molecule has 0 spiro atoms. The molecule has 10 heteroatoms. The van der Waals surface area contributed by atoms with E-state index in [1.165, 1.54) is 39.2 Å². The Morgan fingerprint density at radius 1 is 1.19 bits per heavy atom. The summed E-state index contributed by atoms with van der Waals surface area (Å²) in [7, 11) is 0. The topological polar surface area (TPSA) is 78.3 Å². The third kappa shape index (κ3) is 3.30. The Bertz CT molecular complexity index is 1010. The first-order chi connectivity index (χ1) is 15.1. The summed E-state index contributed by atoms with van der Waals surface area (Å²) in [5, 5.41) is 16.8. The van der Waals surface area contributed by atoms with Crippen molar-refractivity contribution in [2.45, 2.75) is 57.3 Å². The van der Waals surface area contributed by atoms with Crippen LogP contribution in [0.1, 0.15) is 55.3 Å². The molecular weight excluding hydrogens is 430 g/mol. The van der Waals surface area contributed by atoms with E-state index in [-0.39, 0.29) is 12.1 Å². The highest BCUT2D eigenvalue weighted by atomic mass is 32.2. The number of nitrogens with one attached hydrogen (secondary N) is 2. The molecule has 4 aliphatic rings. The van der Waals surface area contributed by atoms with E-state index in [2.05, 4.69) is 44.4 Å². The standard InChI is InChI=1S/C21H29N7OS2/c1-12-5-7-26(8-6-12)16(29)10-30-21-25-24-20-27(21)19-17(18-22-11-23-28(18)20)14-4-3-13(2)9-15(14)31-19/h12-13,18,22-23H,3-11H2,1-2H3/t13-,18?/m0/s1. The number of hydrazine groups is 1. The fourth-order valence-electron chi connectivity index (χ4n) is 5.20. The predicted octanol–water partition coefficient (Wildman–Crippen LogP) is 2.69. The van der Waals surface area contributed by atoms with Crippen LogP contribution in [0.4, 0.5) is 5.95 Å². The van der Waals surface area contributed by atoms with E-state index in [1.54, 1.807) is 0 Å². The van der Waals surface area contributed by atoms with Crippen LogP contribution in [0.3, 0.4) is 0 Å². The minimum Gasteiger partial charge on any atom is -0.342 e. The monoisotopic (exact) mass is 459 g/mol. The summed E-state index contributed by atoms with van der Waals surface area (Å²) in [5.74, 6) is 2.90. The molecule has 0 radical (unpaired) electrons. The SMILES string of the molecule is CC1CCN(C(=O)CSc2nnc3n2-c2sc4c(c2C2NCNN32)CC[C@H](C)C4)CC1. The van der Waals surface area contributed by atoms with Gasteiger partial charge in [-0.3, -0.25) is 15.1 Å². The number of aromatic nitrogens is 3. The molecule has 1 amide bonds. The Hall–Kier alpha value is -1.62. The Morgan fingerprint density at radius 3 is 2.87 bits per heavy atom. The number of nitrogens with zero attached hydrogens (tertiary/aromatic N) is 5. The average Bonchev–Trinajstić information content (AvgIpc) is 3.47. The number of likely N-dealkylation sites (tertiary alicyclic amines) is 1. The molecule has 31 heavy (non-hydrogen) atoms. The summed E-state index contributed by atoms with van der Waals surface area (Å²) in [5.41, 5.74) is 6.30. The lowest BCUT2D eigenvalue weighted by Crippen LogP contribution is -2.39. The van der Waals surface area contributed by atoms with E-state index in [0.717, 1.165) is 61.7 Å². The van der Waals surface area contributed by atoms with Crippen LogP contribution < -0.4 is 15.8 Å². The molecule has 3 aliphatic heterocycles. The molecule has 5 heterocycles. The zero-order valence-corrected chi connectivity index (χ0v) is 19.7. The first-order valence-electron chi connectivity index (χ1n) is 11.4. The van der Waals surface area contributed by atoms with Crippen LogP contribution in [-0.2, 0) is 17.6 Å². The molecule has 0 saturated carbocycles. The summed E-state index contributed by atoms with van der Waals surface area (Å²) >= 11 is 3.41. The number of anilines is 1. The highest BCUT2D eigenvalue weighted by molar-refractivity contribution is 7.99. The molecule has 166 valence electrons. The lowest BCUT2D eigenvalue weighted by Gasteiger charge is -2.31. The van der Waals surface area contributed by atoms with Crippen molar-refractivity contribution in [3.05, 3.63) is 16.0 Å². The number of thioether (sulfide) groups is 1. The summed E-state index contributed by atoms with van der Waals surface area (Å²) in [4.78, 5) is 16.3. The molecule has 2 aromatic rings. The maximum Gasteiger partial charge on any atom is 0.249 e. The van der Waals surface area contributed by atoms with E-state index in [9.17, 15) is 4.79 Å². The summed E-state index contributed by atoms with van der Waals surface area (Å²) in [6.07, 6.45) is 5.85. The predicted molar refractivity (Wildman–Crippen MR) is 122 cm³/mol. The molecule has 0 bridgehead atoms. The van der Waals surface area contributed by atoms with Gasteiger partial charge in [0.25, 0.3) is 0 Å². The highest BCUT2D eigenvalue weighted by Gasteiger charge is 2.42. The first kappa shape index (κ1) is 20.0. The third-order valence-electron chi connectivity index (χ3n) is 7.11. The molecule has 2 aromatic heterocycles. The molecule has 6 rings (SSSR count). The summed E-state index contributed by atoms with van der Waals surface area (Å²) in [6, 6.07) is 0. The second-order valence-electron chi connectivity index (χ2n) is 9.35. The minimum atomic E-state index is 0.106. The van der Waals surface area contributed by atoms with Gasteiger partial charge in [0.2, 0.25) is 11.9 Å². The van der Waals surface area contributed by atoms with Gasteiger partial charge in [-0.2, -0.15) is 0 Å². The van der Waals surface area contributed by atoms with Gasteiger partial charge < -0.3 is 4.90 Å². The van der Waals surface area contributed by atoms with Crippen LogP contribution in [-0.4, -0.2) is 51.1 Å². The van der Waals surface area contributed by atoms with Crippen LogP contribution in [0.25, 0.3) is 5.00 Å². The third-order valence-corrected chi connectivity index (χ3v) is 9.27. The summed E-state index contributed by atoms with van der Waals surface area (Å²) < 4.78 is 2.18. The molecule has 2 fully saturated rings. The van der Waals surface area contributed by atoms with E-state index in [4.69, 9.17) is 0 Å². The number of carbonyl (C=O) groups is 1. The molecule has 2 N–H and O–H groups in total. The van der Waals surface area contributed by atoms with Crippen LogP contribution in [0.2, 0.25) is 0 Å². The maximum atomic E-state index is 12.8. The Balaban J connectivity index is 1.30. The Kier molecular flexibility index (Phi) is 5.01. The van der Waals surface area contributed by atoms with Gasteiger partial charge in [-0.1, -0.05) is 25.6 Å². The van der Waals surface area contributed by atoms with Crippen LogP contribution in [0.5, 0.6) is 0 Å². The van der Waals surface area contributed by atoms with E-state index in [0.29, 0.717) is 12.4 Å². The zero-order chi connectivity index (χ0) is 21.1. The van der Waals surface area contributed by atoms with Crippen molar-refractivity contribution in [1.82, 2.24) is 30.4 Å². The van der Waals surface area contributed by atoms with Crippen molar-refractivity contribution in [3.8, 4) is 5.00 Å². The molecule has 2 saturated heterocycles. The van der Waals surface area contributed by atoms with Gasteiger partial charge >= 0.3 is 0 Å². The maximum absolute atomic E-state index is 12.8. The Morgan fingerprint density at radius 2 is 2.03 bits per heavy atom. The van der Waals surface area contributed by atoms with E-state index < -0.39 is 0 Å². The number of amides is 1. The fraction of sp³-hybridized carbons (Fsp3) is 0.667. The number of piperidine rings is 1. The molecule has 0 aromatic carbocycles. The smallest absolute Gasteiger partial charge is 0.249 e.